The van der Waals surface area contributed by atoms with E-state index in [4.69, 9.17) is 28.4 Å². The molecule has 0 saturated carbocycles. The second-order valence-electron chi connectivity index (χ2n) is 13.1. The number of aliphatic hydroxyl groups is 5. The summed E-state index contributed by atoms with van der Waals surface area (Å²) in [6.45, 7) is 3.04. The lowest BCUT2D eigenvalue weighted by molar-refractivity contribution is -0.292. The molecule has 0 aliphatic carbocycles. The number of rotatable bonds is 24. The maximum absolute atomic E-state index is 12.8. The summed E-state index contributed by atoms with van der Waals surface area (Å²) < 4.78 is 32.6. The number of nitrogens with zero attached hydrogens (tertiary/aromatic N) is 1. The SMILES string of the molecule is C[C@@H]1O[C@@H](OCCNC(=O)CN(CC(=O)NCCOCCOCCC(=O)Nc2ccccc2)CC(=O)NCCO[C@@H]2O[C@@H](C)[C@@H](O)C[C@@H]2O)[C@@H](O)[C@H](O)[C@@H]1O. The molecule has 0 unspecified atom stereocenters. The molecule has 4 amide bonds. The van der Waals surface area contributed by atoms with Crippen LogP contribution in [0.3, 0.4) is 0 Å². The summed E-state index contributed by atoms with van der Waals surface area (Å²) in [5.41, 5.74) is 0.702. The predicted molar refractivity (Wildman–Crippen MR) is 192 cm³/mol. The van der Waals surface area contributed by atoms with Gasteiger partial charge in [0.2, 0.25) is 23.6 Å². The highest BCUT2D eigenvalue weighted by atomic mass is 16.7. The number of carbonyl (C=O) groups is 4. The second-order valence-corrected chi connectivity index (χ2v) is 13.1. The molecular formula is C35H57N5O15. The van der Waals surface area contributed by atoms with Gasteiger partial charge in [-0.25, -0.2) is 0 Å². The van der Waals surface area contributed by atoms with Crippen LogP contribution < -0.4 is 21.3 Å². The number of aliphatic hydroxyl groups excluding tert-OH is 5. The largest absolute Gasteiger partial charge is 0.390 e. The minimum absolute atomic E-state index is 0.0138. The summed E-state index contributed by atoms with van der Waals surface area (Å²) in [5, 5.41) is 60.4. The fraction of sp³-hybridized carbons (Fsp3) is 0.714. The molecule has 55 heavy (non-hydrogen) atoms. The Bertz CT molecular complexity index is 1300. The summed E-state index contributed by atoms with van der Waals surface area (Å²) in [4.78, 5) is 51.6. The number of para-hydroxylation sites is 1. The zero-order valence-electron chi connectivity index (χ0n) is 31.2. The van der Waals surface area contributed by atoms with Crippen LogP contribution >= 0.6 is 0 Å². The van der Waals surface area contributed by atoms with Gasteiger partial charge >= 0.3 is 0 Å². The summed E-state index contributed by atoms with van der Waals surface area (Å²) in [6.07, 6.45) is -9.36. The molecule has 312 valence electrons. The second kappa shape index (κ2) is 25.0. The molecule has 1 aromatic rings. The van der Waals surface area contributed by atoms with Crippen molar-refractivity contribution in [1.29, 1.82) is 0 Å². The third kappa shape index (κ3) is 17.5. The van der Waals surface area contributed by atoms with Gasteiger partial charge in [0.25, 0.3) is 0 Å². The van der Waals surface area contributed by atoms with E-state index in [1.807, 2.05) is 18.2 Å². The van der Waals surface area contributed by atoms with Crippen LogP contribution in [-0.2, 0) is 47.6 Å². The van der Waals surface area contributed by atoms with Gasteiger partial charge in [-0.1, -0.05) is 18.2 Å². The first-order chi connectivity index (χ1) is 26.3. The van der Waals surface area contributed by atoms with Crippen LogP contribution in [0.4, 0.5) is 5.69 Å². The average molecular weight is 788 g/mol. The number of nitrogens with one attached hydrogen (secondary N) is 4. The Balaban J connectivity index is 1.35. The number of hydrogen-bond acceptors (Lipinski definition) is 16. The van der Waals surface area contributed by atoms with E-state index in [1.54, 1.807) is 19.1 Å². The van der Waals surface area contributed by atoms with E-state index >= 15 is 0 Å². The zero-order chi connectivity index (χ0) is 40.2. The van der Waals surface area contributed by atoms with Gasteiger partial charge in [-0.2, -0.15) is 0 Å². The maximum atomic E-state index is 12.8. The molecule has 2 saturated heterocycles. The van der Waals surface area contributed by atoms with Crippen molar-refractivity contribution in [3.8, 4) is 0 Å². The minimum atomic E-state index is -1.50. The molecule has 0 aromatic heterocycles. The highest BCUT2D eigenvalue weighted by molar-refractivity contribution is 5.90. The van der Waals surface area contributed by atoms with E-state index < -0.39 is 73.0 Å². The normalized spacial score (nSPS) is 26.7. The van der Waals surface area contributed by atoms with Crippen molar-refractivity contribution < 1.29 is 73.1 Å². The molecule has 0 spiro atoms. The molecule has 9 N–H and O–H groups in total. The molecule has 2 fully saturated rings. The number of hydrogen-bond donors (Lipinski definition) is 9. The first-order valence-corrected chi connectivity index (χ1v) is 18.3. The lowest BCUT2D eigenvalue weighted by atomic mass is 10.0. The molecule has 20 nitrogen and oxygen atoms in total. The van der Waals surface area contributed by atoms with Crippen LogP contribution in [0, 0.1) is 0 Å². The fourth-order valence-electron chi connectivity index (χ4n) is 5.41. The van der Waals surface area contributed by atoms with Crippen LogP contribution in [-0.4, -0.2) is 188 Å². The summed E-state index contributed by atoms with van der Waals surface area (Å²) in [7, 11) is 0. The molecule has 2 aliphatic rings. The molecule has 2 aliphatic heterocycles. The van der Waals surface area contributed by atoms with Crippen LogP contribution in [0.25, 0.3) is 0 Å². The summed E-state index contributed by atoms with van der Waals surface area (Å²) in [5.74, 6) is -1.70. The van der Waals surface area contributed by atoms with Gasteiger partial charge in [-0.3, -0.25) is 24.1 Å². The molecule has 20 heteroatoms. The minimum Gasteiger partial charge on any atom is -0.390 e. The third-order valence-electron chi connectivity index (χ3n) is 8.48. The van der Waals surface area contributed by atoms with Gasteiger partial charge in [-0.05, 0) is 26.0 Å². The number of benzene rings is 1. The Labute approximate surface area is 319 Å². The number of amides is 4. The van der Waals surface area contributed by atoms with Crippen LogP contribution in [0.2, 0.25) is 0 Å². The van der Waals surface area contributed by atoms with Crippen molar-refractivity contribution in [2.24, 2.45) is 0 Å². The monoisotopic (exact) mass is 787 g/mol. The van der Waals surface area contributed by atoms with Gasteiger partial charge in [0.1, 0.15) is 24.4 Å². The smallest absolute Gasteiger partial charge is 0.234 e. The van der Waals surface area contributed by atoms with Crippen molar-refractivity contribution in [3.63, 3.8) is 0 Å². The number of carbonyl (C=O) groups excluding carboxylic acids is 4. The standard InChI is InChI=1S/C35H57N5O15/c1-22-25(41)18-26(42)34(54-22)52-14-10-37-29(45)20-40(21-30(46)38-11-15-53-35-33(49)32(48)31(47)23(2)55-35)19-28(44)36-9-13-51-17-16-50-12-8-27(43)39-24-6-4-3-5-7-24/h3-7,22-23,25-26,31-35,41-42,47-49H,8-21H2,1-2H3,(H,36,44)(H,37,45)(H,38,46)(H,39,43)/t22-,23-,25-,26-,31+,32+,33-,34+,35+/m0/s1. The Hall–Kier alpha value is -3.38. The fourth-order valence-corrected chi connectivity index (χ4v) is 5.41. The van der Waals surface area contributed by atoms with E-state index in [0.29, 0.717) is 5.69 Å². The average Bonchev–Trinajstić information content (AvgIpc) is 3.14. The van der Waals surface area contributed by atoms with E-state index in [0.717, 1.165) is 0 Å². The Kier molecular flexibility index (Phi) is 20.9. The zero-order valence-corrected chi connectivity index (χ0v) is 31.2. The molecule has 1 aromatic carbocycles. The predicted octanol–water partition coefficient (Wildman–Crippen LogP) is -3.58. The van der Waals surface area contributed by atoms with Gasteiger partial charge < -0.3 is 75.2 Å². The van der Waals surface area contributed by atoms with Gasteiger partial charge in [-0.15, -0.1) is 0 Å². The van der Waals surface area contributed by atoms with Gasteiger partial charge in [0, 0.05) is 31.7 Å². The molecule has 0 radical (unpaired) electrons. The van der Waals surface area contributed by atoms with E-state index in [-0.39, 0.29) is 97.7 Å². The molecule has 0 bridgehead atoms. The Morgan fingerprint density at radius 1 is 0.636 bits per heavy atom. The lowest BCUT2D eigenvalue weighted by Gasteiger charge is -2.38. The van der Waals surface area contributed by atoms with Crippen molar-refractivity contribution in [1.82, 2.24) is 20.9 Å². The first-order valence-electron chi connectivity index (χ1n) is 18.3. The van der Waals surface area contributed by atoms with Crippen LogP contribution in [0.1, 0.15) is 26.7 Å². The Morgan fingerprint density at radius 3 is 1.76 bits per heavy atom. The van der Waals surface area contributed by atoms with Crippen molar-refractivity contribution in [2.45, 2.75) is 82.0 Å². The van der Waals surface area contributed by atoms with Crippen molar-refractivity contribution >= 4 is 29.3 Å². The van der Waals surface area contributed by atoms with Crippen LogP contribution in [0.5, 0.6) is 0 Å². The first kappa shape index (κ1) is 46.0. The quantitative estimate of drug-likeness (QED) is 0.0458. The van der Waals surface area contributed by atoms with Crippen molar-refractivity contribution in [2.75, 3.05) is 84.2 Å². The molecule has 2 heterocycles. The Morgan fingerprint density at radius 2 is 1.16 bits per heavy atom. The van der Waals surface area contributed by atoms with E-state index in [1.165, 1.54) is 11.8 Å². The summed E-state index contributed by atoms with van der Waals surface area (Å²) >= 11 is 0. The molecular weight excluding hydrogens is 730 g/mol. The van der Waals surface area contributed by atoms with Gasteiger partial charge in [0.15, 0.2) is 12.6 Å². The third-order valence-corrected chi connectivity index (χ3v) is 8.48. The topological polar surface area (TPSA) is 276 Å². The van der Waals surface area contributed by atoms with Crippen molar-refractivity contribution in [3.05, 3.63) is 30.3 Å². The highest BCUT2D eigenvalue weighted by Crippen LogP contribution is 2.22. The maximum Gasteiger partial charge on any atom is 0.234 e. The summed E-state index contributed by atoms with van der Waals surface area (Å²) in [6, 6.07) is 9.07. The van der Waals surface area contributed by atoms with E-state index in [2.05, 4.69) is 21.3 Å². The lowest BCUT2D eigenvalue weighted by Crippen LogP contribution is -2.57. The van der Waals surface area contributed by atoms with Gasteiger partial charge in [0.05, 0.1) is 84.0 Å². The number of ether oxygens (including phenoxy) is 6. The molecule has 3 rings (SSSR count). The van der Waals surface area contributed by atoms with Crippen LogP contribution in [0.15, 0.2) is 30.3 Å². The number of anilines is 1. The molecule has 9 atom stereocenters. The highest BCUT2D eigenvalue weighted by Gasteiger charge is 2.42. The van der Waals surface area contributed by atoms with E-state index in [9.17, 15) is 44.7 Å².